The molecular weight excluding hydrogens is 241 g/mol. The van der Waals surface area contributed by atoms with E-state index in [0.717, 1.165) is 50.6 Å². The minimum absolute atomic E-state index is 0.240. The summed E-state index contributed by atoms with van der Waals surface area (Å²) in [5, 5.41) is 3.40. The van der Waals surface area contributed by atoms with E-state index >= 15 is 0 Å². The normalized spacial score (nSPS) is 17.0. The van der Waals surface area contributed by atoms with Crippen LogP contribution in [0.1, 0.15) is 31.7 Å². The molecule has 1 fully saturated rings. The largest absolute Gasteiger partial charge is 0.317 e. The quantitative estimate of drug-likeness (QED) is 0.856. The Kier molecular flexibility index (Phi) is 5.73. The predicted octanol–water partition coefficient (Wildman–Crippen LogP) is 2.43. The summed E-state index contributed by atoms with van der Waals surface area (Å²) >= 11 is 0. The van der Waals surface area contributed by atoms with Gasteiger partial charge in [0.1, 0.15) is 5.82 Å². The van der Waals surface area contributed by atoms with Crippen LogP contribution in [-0.2, 0) is 6.54 Å². The highest BCUT2D eigenvalue weighted by Crippen LogP contribution is 2.15. The number of nitrogens with one attached hydrogen (secondary N) is 1. The molecule has 0 unspecified atom stereocenters. The number of rotatable bonds is 6. The van der Waals surface area contributed by atoms with Crippen LogP contribution in [0.25, 0.3) is 0 Å². The first-order chi connectivity index (χ1) is 9.28. The minimum atomic E-state index is -0.240. The molecular formula is C15H24FN3. The second-order valence-corrected chi connectivity index (χ2v) is 5.44. The van der Waals surface area contributed by atoms with Gasteiger partial charge < -0.3 is 5.32 Å². The monoisotopic (exact) mass is 265 g/mol. The first-order valence-electron chi connectivity index (χ1n) is 7.30. The van der Waals surface area contributed by atoms with Gasteiger partial charge in [-0.25, -0.2) is 4.39 Å². The van der Waals surface area contributed by atoms with Gasteiger partial charge in [-0.3, -0.25) is 9.88 Å². The van der Waals surface area contributed by atoms with Crippen LogP contribution in [0.2, 0.25) is 0 Å². The van der Waals surface area contributed by atoms with Crippen LogP contribution in [0, 0.1) is 11.7 Å². The van der Waals surface area contributed by atoms with Crippen molar-refractivity contribution in [2.75, 3.05) is 26.2 Å². The second kappa shape index (κ2) is 7.56. The van der Waals surface area contributed by atoms with Gasteiger partial charge in [-0.05, 0) is 56.4 Å². The Morgan fingerprint density at radius 3 is 2.84 bits per heavy atom. The summed E-state index contributed by atoms with van der Waals surface area (Å²) in [4.78, 5) is 6.37. The van der Waals surface area contributed by atoms with Crippen molar-refractivity contribution in [1.29, 1.82) is 0 Å². The van der Waals surface area contributed by atoms with E-state index in [0.29, 0.717) is 0 Å². The summed E-state index contributed by atoms with van der Waals surface area (Å²) in [5.41, 5.74) is 0.974. The van der Waals surface area contributed by atoms with Gasteiger partial charge in [-0.1, -0.05) is 6.92 Å². The molecule has 106 valence electrons. The highest BCUT2D eigenvalue weighted by atomic mass is 19.1. The molecule has 3 nitrogen and oxygen atoms in total. The number of halogens is 1. The van der Waals surface area contributed by atoms with Crippen LogP contribution >= 0.6 is 0 Å². The van der Waals surface area contributed by atoms with Gasteiger partial charge in [-0.15, -0.1) is 0 Å². The molecule has 1 N–H and O–H groups in total. The number of nitrogens with zero attached hydrogens (tertiary/aromatic N) is 2. The molecule has 19 heavy (non-hydrogen) atoms. The molecule has 1 aliphatic heterocycles. The number of hydrogen-bond acceptors (Lipinski definition) is 3. The third-order valence-corrected chi connectivity index (χ3v) is 3.68. The van der Waals surface area contributed by atoms with Gasteiger partial charge in [0.25, 0.3) is 0 Å². The lowest BCUT2D eigenvalue weighted by atomic mass is 9.97. The summed E-state index contributed by atoms with van der Waals surface area (Å²) < 4.78 is 13.2. The van der Waals surface area contributed by atoms with Crippen molar-refractivity contribution >= 4 is 0 Å². The third kappa shape index (κ3) is 4.88. The molecule has 0 amide bonds. The molecule has 1 saturated heterocycles. The average molecular weight is 265 g/mol. The fraction of sp³-hybridized carbons (Fsp3) is 0.667. The molecule has 2 rings (SSSR count). The van der Waals surface area contributed by atoms with E-state index in [1.165, 1.54) is 19.0 Å². The van der Waals surface area contributed by atoms with Crippen molar-refractivity contribution in [2.24, 2.45) is 5.92 Å². The molecule has 0 aromatic carbocycles. The maximum absolute atomic E-state index is 13.2. The first-order valence-corrected chi connectivity index (χ1v) is 7.30. The second-order valence-electron chi connectivity index (χ2n) is 5.44. The van der Waals surface area contributed by atoms with Crippen LogP contribution in [0.4, 0.5) is 4.39 Å². The van der Waals surface area contributed by atoms with Crippen molar-refractivity contribution in [3.05, 3.63) is 29.8 Å². The Morgan fingerprint density at radius 2 is 2.16 bits per heavy atom. The number of piperidine rings is 1. The van der Waals surface area contributed by atoms with E-state index < -0.39 is 0 Å². The van der Waals surface area contributed by atoms with E-state index in [4.69, 9.17) is 0 Å². The van der Waals surface area contributed by atoms with E-state index in [9.17, 15) is 4.39 Å². The fourth-order valence-electron chi connectivity index (χ4n) is 2.78. The van der Waals surface area contributed by atoms with Gasteiger partial charge in [-0.2, -0.15) is 0 Å². The predicted molar refractivity (Wildman–Crippen MR) is 75.4 cm³/mol. The highest BCUT2D eigenvalue weighted by molar-refractivity contribution is 5.09. The lowest BCUT2D eigenvalue weighted by Gasteiger charge is -2.29. The summed E-state index contributed by atoms with van der Waals surface area (Å²) in [6.45, 7) is 7.45. The maximum atomic E-state index is 13.2. The Balaban J connectivity index is 1.91. The van der Waals surface area contributed by atoms with Gasteiger partial charge >= 0.3 is 0 Å². The third-order valence-electron chi connectivity index (χ3n) is 3.68. The molecule has 1 aromatic heterocycles. The van der Waals surface area contributed by atoms with Crippen molar-refractivity contribution in [3.8, 4) is 0 Å². The van der Waals surface area contributed by atoms with Crippen LogP contribution in [0.15, 0.2) is 18.5 Å². The maximum Gasteiger partial charge on any atom is 0.141 e. The SMILES string of the molecule is CCCN(Cc1cncc(F)c1)CC1CCNCC1. The molecule has 1 aliphatic rings. The van der Waals surface area contributed by atoms with E-state index in [-0.39, 0.29) is 5.82 Å². The van der Waals surface area contributed by atoms with Crippen LogP contribution < -0.4 is 5.32 Å². The van der Waals surface area contributed by atoms with Gasteiger partial charge in [0, 0.05) is 19.3 Å². The van der Waals surface area contributed by atoms with Gasteiger partial charge in [0.15, 0.2) is 0 Å². The summed E-state index contributed by atoms with van der Waals surface area (Å²) in [5.74, 6) is 0.533. The fourth-order valence-corrected chi connectivity index (χ4v) is 2.78. The molecule has 0 radical (unpaired) electrons. The van der Waals surface area contributed by atoms with Crippen molar-refractivity contribution in [2.45, 2.75) is 32.7 Å². The Morgan fingerprint density at radius 1 is 1.37 bits per heavy atom. The van der Waals surface area contributed by atoms with Crippen molar-refractivity contribution in [3.63, 3.8) is 0 Å². The Bertz CT molecular complexity index is 377. The van der Waals surface area contributed by atoms with E-state index in [2.05, 4.69) is 22.1 Å². The zero-order chi connectivity index (χ0) is 13.5. The number of aromatic nitrogens is 1. The molecule has 0 atom stereocenters. The molecule has 0 saturated carbocycles. The van der Waals surface area contributed by atoms with Crippen LogP contribution in [0.5, 0.6) is 0 Å². The molecule has 4 heteroatoms. The average Bonchev–Trinajstić information content (AvgIpc) is 2.40. The van der Waals surface area contributed by atoms with E-state index in [1.54, 1.807) is 12.3 Å². The highest BCUT2D eigenvalue weighted by Gasteiger charge is 2.17. The lowest BCUT2D eigenvalue weighted by Crippen LogP contribution is -2.36. The number of pyridine rings is 1. The molecule has 1 aromatic rings. The number of hydrogen-bond donors (Lipinski definition) is 1. The standard InChI is InChI=1S/C15H24FN3/c1-2-7-19(11-13-3-5-17-6-4-13)12-14-8-15(16)10-18-9-14/h8-10,13,17H,2-7,11-12H2,1H3. The first kappa shape index (κ1) is 14.4. The minimum Gasteiger partial charge on any atom is -0.317 e. The van der Waals surface area contributed by atoms with Crippen LogP contribution in [0.3, 0.4) is 0 Å². The van der Waals surface area contributed by atoms with Crippen molar-refractivity contribution in [1.82, 2.24) is 15.2 Å². The molecule has 0 spiro atoms. The Hall–Kier alpha value is -1.00. The molecule has 0 aliphatic carbocycles. The van der Waals surface area contributed by atoms with E-state index in [1.807, 2.05) is 0 Å². The smallest absolute Gasteiger partial charge is 0.141 e. The lowest BCUT2D eigenvalue weighted by molar-refractivity contribution is 0.198. The zero-order valence-electron chi connectivity index (χ0n) is 11.7. The van der Waals surface area contributed by atoms with Crippen molar-refractivity contribution < 1.29 is 4.39 Å². The summed E-state index contributed by atoms with van der Waals surface area (Å²) in [6.07, 6.45) is 6.67. The summed E-state index contributed by atoms with van der Waals surface area (Å²) in [6, 6.07) is 1.60. The molecule has 0 bridgehead atoms. The topological polar surface area (TPSA) is 28.2 Å². The van der Waals surface area contributed by atoms with Gasteiger partial charge in [0.05, 0.1) is 6.20 Å². The Labute approximate surface area is 115 Å². The summed E-state index contributed by atoms with van der Waals surface area (Å²) in [7, 11) is 0. The van der Waals surface area contributed by atoms with Crippen LogP contribution in [-0.4, -0.2) is 36.1 Å². The zero-order valence-corrected chi connectivity index (χ0v) is 11.7. The van der Waals surface area contributed by atoms with Gasteiger partial charge in [0.2, 0.25) is 0 Å². The molecule has 2 heterocycles.